The van der Waals surface area contributed by atoms with E-state index in [1.54, 1.807) is 13.0 Å². The maximum Gasteiger partial charge on any atom is 0.416 e. The van der Waals surface area contributed by atoms with Crippen molar-refractivity contribution in [2.75, 3.05) is 4.90 Å². The molecule has 0 saturated carbocycles. The number of nitro groups is 1. The minimum atomic E-state index is -4.79. The fourth-order valence-electron chi connectivity index (χ4n) is 3.60. The maximum absolute atomic E-state index is 13.2. The molecule has 13 heteroatoms. The van der Waals surface area contributed by atoms with E-state index in [1.165, 1.54) is 42.5 Å². The van der Waals surface area contributed by atoms with Crippen LogP contribution in [0.2, 0.25) is 5.02 Å². The number of nitro benzene ring substituents is 1. The molecule has 0 spiro atoms. The maximum atomic E-state index is 13.2. The Kier molecular flexibility index (Phi) is 6.92. The van der Waals surface area contributed by atoms with Gasteiger partial charge in [0.05, 0.1) is 16.2 Å². The van der Waals surface area contributed by atoms with Crippen LogP contribution < -0.4 is 15.0 Å². The molecule has 1 saturated heterocycles. The number of carbonyl (C=O) groups excluding carboxylic acids is 3. The molecule has 0 bridgehead atoms. The smallest absolute Gasteiger partial charge is 0.416 e. The van der Waals surface area contributed by atoms with Gasteiger partial charge in [0.1, 0.15) is 11.3 Å². The number of halogens is 4. The van der Waals surface area contributed by atoms with Crippen molar-refractivity contribution < 1.29 is 37.2 Å². The Balaban J connectivity index is 1.67. The van der Waals surface area contributed by atoms with Crippen LogP contribution in [0.15, 0.2) is 66.2 Å². The predicted molar refractivity (Wildman–Crippen MR) is 130 cm³/mol. The van der Waals surface area contributed by atoms with Gasteiger partial charge in [0.2, 0.25) is 5.75 Å². The number of amides is 4. The van der Waals surface area contributed by atoms with Crippen molar-refractivity contribution >= 4 is 46.9 Å². The number of ether oxygens (including phenoxy) is 1. The van der Waals surface area contributed by atoms with Gasteiger partial charge in [-0.25, -0.2) is 9.69 Å². The molecule has 3 aromatic carbocycles. The standard InChI is InChI=1S/C25H15ClF3N3O6/c1-13-18(26)6-3-7-19(13)31-23(34)17(22(33)30-24(31)35)11-14-4-2-5-16(10-14)38-21-9-8-15(25(27,28)29)12-20(21)32(36)37/h2-12H,1H3,(H,30,33,35)/b17-11-. The van der Waals surface area contributed by atoms with E-state index in [0.717, 1.165) is 11.0 Å². The van der Waals surface area contributed by atoms with Crippen LogP contribution in [-0.2, 0) is 15.8 Å². The van der Waals surface area contributed by atoms with Crippen LogP contribution in [0.5, 0.6) is 11.5 Å². The van der Waals surface area contributed by atoms with E-state index < -0.39 is 51.5 Å². The highest BCUT2D eigenvalue weighted by atomic mass is 35.5. The highest BCUT2D eigenvalue weighted by Crippen LogP contribution is 2.38. The average Bonchev–Trinajstić information content (AvgIpc) is 2.84. The number of hydrogen-bond donors (Lipinski definition) is 1. The number of nitrogens with zero attached hydrogens (tertiary/aromatic N) is 2. The molecule has 0 unspecified atom stereocenters. The van der Waals surface area contributed by atoms with Gasteiger partial charge < -0.3 is 4.74 Å². The Bertz CT molecular complexity index is 1540. The second kappa shape index (κ2) is 9.98. The van der Waals surface area contributed by atoms with E-state index in [4.69, 9.17) is 16.3 Å². The molecule has 0 atom stereocenters. The van der Waals surface area contributed by atoms with Gasteiger partial charge >= 0.3 is 17.9 Å². The Morgan fingerprint density at radius 1 is 1.05 bits per heavy atom. The fourth-order valence-corrected chi connectivity index (χ4v) is 3.77. The summed E-state index contributed by atoms with van der Waals surface area (Å²) in [6.45, 7) is 1.60. The summed E-state index contributed by atoms with van der Waals surface area (Å²) in [6.07, 6.45) is -3.62. The number of carbonyl (C=O) groups is 3. The Hall–Kier alpha value is -4.71. The van der Waals surface area contributed by atoms with Gasteiger partial charge in [-0.3, -0.25) is 25.0 Å². The second-order valence-electron chi connectivity index (χ2n) is 7.95. The molecule has 194 valence electrons. The molecule has 38 heavy (non-hydrogen) atoms. The molecule has 0 aliphatic carbocycles. The van der Waals surface area contributed by atoms with E-state index in [0.29, 0.717) is 22.7 Å². The molecule has 3 aromatic rings. The highest BCUT2D eigenvalue weighted by molar-refractivity contribution is 6.39. The number of barbiturate groups is 1. The van der Waals surface area contributed by atoms with E-state index in [9.17, 15) is 37.7 Å². The van der Waals surface area contributed by atoms with Gasteiger partial charge in [-0.1, -0.05) is 29.8 Å². The third kappa shape index (κ3) is 5.20. The van der Waals surface area contributed by atoms with E-state index >= 15 is 0 Å². The SMILES string of the molecule is Cc1c(Cl)cccc1N1C(=O)NC(=O)/C(=C/c2cccc(Oc3ccc(C(F)(F)F)cc3[N+](=O)[O-])c2)C1=O. The molecule has 1 fully saturated rings. The molecular formula is C25H15ClF3N3O6. The second-order valence-corrected chi connectivity index (χ2v) is 8.36. The van der Waals surface area contributed by atoms with Gasteiger partial charge in [0.15, 0.2) is 0 Å². The quantitative estimate of drug-likeness (QED) is 0.181. The molecule has 9 nitrogen and oxygen atoms in total. The number of hydrogen-bond acceptors (Lipinski definition) is 6. The fraction of sp³-hybridized carbons (Fsp3) is 0.0800. The number of imide groups is 2. The first-order chi connectivity index (χ1) is 17.9. The normalized spacial score (nSPS) is 15.0. The van der Waals surface area contributed by atoms with Crippen molar-refractivity contribution in [3.8, 4) is 11.5 Å². The molecule has 1 aliphatic rings. The molecule has 1 N–H and O–H groups in total. The Morgan fingerprint density at radius 3 is 2.45 bits per heavy atom. The van der Waals surface area contributed by atoms with Crippen LogP contribution in [0.1, 0.15) is 16.7 Å². The molecule has 1 aliphatic heterocycles. The van der Waals surface area contributed by atoms with Crippen LogP contribution in [0.3, 0.4) is 0 Å². The van der Waals surface area contributed by atoms with E-state index in [-0.39, 0.29) is 17.0 Å². The lowest BCUT2D eigenvalue weighted by atomic mass is 10.1. The summed E-state index contributed by atoms with van der Waals surface area (Å²) in [6, 6.07) is 11.0. The van der Waals surface area contributed by atoms with Crippen LogP contribution in [0.4, 0.5) is 29.3 Å². The lowest BCUT2D eigenvalue weighted by Gasteiger charge is -2.27. The lowest BCUT2D eigenvalue weighted by molar-refractivity contribution is -0.385. The summed E-state index contributed by atoms with van der Waals surface area (Å²) in [5.41, 5.74) is -1.69. The number of anilines is 1. The number of rotatable bonds is 5. The zero-order valence-electron chi connectivity index (χ0n) is 19.2. The van der Waals surface area contributed by atoms with Gasteiger partial charge in [-0.2, -0.15) is 13.2 Å². The van der Waals surface area contributed by atoms with Gasteiger partial charge in [-0.15, -0.1) is 0 Å². The molecular weight excluding hydrogens is 531 g/mol. The van der Waals surface area contributed by atoms with Crippen molar-refractivity contribution in [3.05, 3.63) is 98.1 Å². The molecule has 0 aromatic heterocycles. The largest absolute Gasteiger partial charge is 0.450 e. The molecule has 0 radical (unpaired) electrons. The minimum absolute atomic E-state index is 0.0236. The van der Waals surface area contributed by atoms with Crippen molar-refractivity contribution in [2.45, 2.75) is 13.1 Å². The topological polar surface area (TPSA) is 119 Å². The predicted octanol–water partition coefficient (Wildman–Crippen LogP) is 6.03. The van der Waals surface area contributed by atoms with E-state index in [2.05, 4.69) is 5.32 Å². The molecule has 4 rings (SSSR count). The van der Waals surface area contributed by atoms with Crippen LogP contribution >= 0.6 is 11.6 Å². The van der Waals surface area contributed by atoms with Crippen LogP contribution in [0, 0.1) is 17.0 Å². The first-order valence-electron chi connectivity index (χ1n) is 10.7. The molecule has 1 heterocycles. The Labute approximate surface area is 217 Å². The third-order valence-corrected chi connectivity index (χ3v) is 5.87. The summed E-state index contributed by atoms with van der Waals surface area (Å²) < 4.78 is 44.4. The van der Waals surface area contributed by atoms with Crippen molar-refractivity contribution in [2.24, 2.45) is 0 Å². The molecule has 4 amide bonds. The number of nitrogens with one attached hydrogen (secondary N) is 1. The first kappa shape index (κ1) is 26.4. The average molecular weight is 546 g/mol. The number of benzene rings is 3. The third-order valence-electron chi connectivity index (χ3n) is 5.46. The summed E-state index contributed by atoms with van der Waals surface area (Å²) >= 11 is 6.11. The summed E-state index contributed by atoms with van der Waals surface area (Å²) in [5, 5.41) is 13.7. The van der Waals surface area contributed by atoms with Crippen LogP contribution in [0.25, 0.3) is 6.08 Å². The highest BCUT2D eigenvalue weighted by Gasteiger charge is 2.38. The monoisotopic (exact) mass is 545 g/mol. The zero-order chi connectivity index (χ0) is 27.8. The first-order valence-corrected chi connectivity index (χ1v) is 11.0. The number of alkyl halides is 3. The summed E-state index contributed by atoms with van der Waals surface area (Å²) in [7, 11) is 0. The minimum Gasteiger partial charge on any atom is -0.450 e. The lowest BCUT2D eigenvalue weighted by Crippen LogP contribution is -2.54. The van der Waals surface area contributed by atoms with Gasteiger partial charge in [0.25, 0.3) is 11.8 Å². The van der Waals surface area contributed by atoms with Crippen LogP contribution in [-0.4, -0.2) is 22.8 Å². The summed E-state index contributed by atoms with van der Waals surface area (Å²) in [5.74, 6) is -2.36. The van der Waals surface area contributed by atoms with Crippen molar-refractivity contribution in [1.29, 1.82) is 0 Å². The van der Waals surface area contributed by atoms with Crippen molar-refractivity contribution in [1.82, 2.24) is 5.32 Å². The van der Waals surface area contributed by atoms with Crippen molar-refractivity contribution in [3.63, 3.8) is 0 Å². The Morgan fingerprint density at radius 2 is 1.76 bits per heavy atom. The zero-order valence-corrected chi connectivity index (χ0v) is 20.0. The number of urea groups is 1. The van der Waals surface area contributed by atoms with Gasteiger partial charge in [0, 0.05) is 11.1 Å². The summed E-state index contributed by atoms with van der Waals surface area (Å²) in [4.78, 5) is 49.2. The van der Waals surface area contributed by atoms with Gasteiger partial charge in [-0.05, 0) is 60.5 Å². The van der Waals surface area contributed by atoms with E-state index in [1.807, 2.05) is 0 Å².